The van der Waals surface area contributed by atoms with Crippen LogP contribution in [-0.4, -0.2) is 131 Å². The molecule has 0 spiro atoms. The van der Waals surface area contributed by atoms with Crippen LogP contribution in [0.2, 0.25) is 0 Å². The first-order chi connectivity index (χ1) is 15.5. The number of carboxylic acid groups (broad SMARTS) is 2. The van der Waals surface area contributed by atoms with Crippen LogP contribution in [0.15, 0.2) is 0 Å². The van der Waals surface area contributed by atoms with Crippen molar-refractivity contribution in [1.82, 2.24) is 19.6 Å². The molecule has 11 nitrogen and oxygen atoms in total. The van der Waals surface area contributed by atoms with Crippen molar-refractivity contribution in [3.63, 3.8) is 0 Å². The van der Waals surface area contributed by atoms with Crippen molar-refractivity contribution in [2.45, 2.75) is 39.7 Å². The zero-order valence-electron chi connectivity index (χ0n) is 20.2. The SMILES string of the molecule is CCN1CCN(CC(N)=O)CCN(CC(=O)O)CCN(C(CCC(=O)C(C)C)C(=O)O)CC1. The maximum atomic E-state index is 12.1. The second-order valence-electron chi connectivity index (χ2n) is 8.90. The second kappa shape index (κ2) is 14.9. The molecule has 1 heterocycles. The Kier molecular flexibility index (Phi) is 13.1. The molecule has 1 saturated heterocycles. The first-order valence-corrected chi connectivity index (χ1v) is 11.7. The van der Waals surface area contributed by atoms with Crippen LogP contribution in [0.25, 0.3) is 0 Å². The number of rotatable bonds is 11. The van der Waals surface area contributed by atoms with E-state index in [1.165, 1.54) is 0 Å². The molecule has 1 atom stereocenters. The van der Waals surface area contributed by atoms with Crippen LogP contribution >= 0.6 is 0 Å². The topological polar surface area (TPSA) is 148 Å². The molecule has 11 heteroatoms. The summed E-state index contributed by atoms with van der Waals surface area (Å²) in [5, 5.41) is 19.2. The van der Waals surface area contributed by atoms with E-state index >= 15 is 0 Å². The second-order valence-corrected chi connectivity index (χ2v) is 8.90. The van der Waals surface area contributed by atoms with E-state index in [1.807, 2.05) is 16.7 Å². The van der Waals surface area contributed by atoms with Crippen LogP contribution < -0.4 is 5.73 Å². The van der Waals surface area contributed by atoms with E-state index in [4.69, 9.17) is 5.73 Å². The van der Waals surface area contributed by atoms with Gasteiger partial charge in [0.15, 0.2) is 0 Å². The number of primary amides is 1. The van der Waals surface area contributed by atoms with Gasteiger partial charge in [-0.05, 0) is 13.0 Å². The van der Waals surface area contributed by atoms with Crippen molar-refractivity contribution >= 4 is 23.6 Å². The summed E-state index contributed by atoms with van der Waals surface area (Å²) in [4.78, 5) is 54.7. The summed E-state index contributed by atoms with van der Waals surface area (Å²) in [7, 11) is 0. The number of nitrogens with zero attached hydrogens (tertiary/aromatic N) is 4. The summed E-state index contributed by atoms with van der Waals surface area (Å²) in [6, 6.07) is -0.813. The number of amides is 1. The lowest BCUT2D eigenvalue weighted by Crippen LogP contribution is -2.51. The van der Waals surface area contributed by atoms with E-state index in [0.717, 1.165) is 6.54 Å². The fourth-order valence-electron chi connectivity index (χ4n) is 3.94. The lowest BCUT2D eigenvalue weighted by molar-refractivity contribution is -0.144. The molecule has 0 aromatic heterocycles. The van der Waals surface area contributed by atoms with Gasteiger partial charge >= 0.3 is 11.9 Å². The van der Waals surface area contributed by atoms with Gasteiger partial charge in [0.25, 0.3) is 0 Å². The third-order valence-corrected chi connectivity index (χ3v) is 6.09. The fraction of sp³-hybridized carbons (Fsp3) is 0.818. The molecule has 0 aromatic rings. The molecule has 1 rings (SSSR count). The molecule has 0 radical (unpaired) electrons. The fourth-order valence-corrected chi connectivity index (χ4v) is 3.94. The number of aliphatic carboxylic acids is 2. The zero-order chi connectivity index (χ0) is 25.0. The Hall–Kier alpha value is -2.08. The summed E-state index contributed by atoms with van der Waals surface area (Å²) >= 11 is 0. The van der Waals surface area contributed by atoms with E-state index in [1.54, 1.807) is 18.7 Å². The molecule has 0 saturated carbocycles. The van der Waals surface area contributed by atoms with Crippen molar-refractivity contribution in [2.75, 3.05) is 72.0 Å². The molecule has 1 unspecified atom stereocenters. The smallest absolute Gasteiger partial charge is 0.320 e. The quantitative estimate of drug-likeness (QED) is 0.352. The number of carbonyl (C=O) groups is 4. The van der Waals surface area contributed by atoms with E-state index < -0.39 is 23.9 Å². The molecule has 0 aliphatic carbocycles. The number of carboxylic acids is 2. The van der Waals surface area contributed by atoms with Crippen LogP contribution in [0, 0.1) is 5.92 Å². The van der Waals surface area contributed by atoms with Crippen LogP contribution in [0.4, 0.5) is 0 Å². The van der Waals surface area contributed by atoms with E-state index in [2.05, 4.69) is 4.90 Å². The maximum Gasteiger partial charge on any atom is 0.320 e. The number of hydrogen-bond donors (Lipinski definition) is 3. The maximum absolute atomic E-state index is 12.1. The molecule has 190 valence electrons. The van der Waals surface area contributed by atoms with E-state index in [9.17, 15) is 29.4 Å². The average Bonchev–Trinajstić information content (AvgIpc) is 2.72. The Labute approximate surface area is 196 Å². The Balaban J connectivity index is 3.03. The molecule has 4 N–H and O–H groups in total. The molecule has 1 aliphatic heterocycles. The minimum absolute atomic E-state index is 0.0350. The molecule has 1 aliphatic rings. The summed E-state index contributed by atoms with van der Waals surface area (Å²) in [6.45, 7) is 10.4. The molecule has 0 aromatic carbocycles. The highest BCUT2D eigenvalue weighted by Crippen LogP contribution is 2.12. The summed E-state index contributed by atoms with van der Waals surface area (Å²) in [5.74, 6) is -2.48. The molecular formula is C22H41N5O6. The van der Waals surface area contributed by atoms with Crippen LogP contribution in [0.5, 0.6) is 0 Å². The van der Waals surface area contributed by atoms with Gasteiger partial charge in [0.05, 0.1) is 13.1 Å². The van der Waals surface area contributed by atoms with Crippen molar-refractivity contribution in [3.8, 4) is 0 Å². The van der Waals surface area contributed by atoms with Crippen LogP contribution in [-0.2, 0) is 19.2 Å². The minimum atomic E-state index is -0.973. The number of Topliss-reactive ketones (excluding diaryl/α,β-unsaturated/α-hetero) is 1. The van der Waals surface area contributed by atoms with Crippen molar-refractivity contribution < 1.29 is 29.4 Å². The molecule has 33 heavy (non-hydrogen) atoms. The Morgan fingerprint density at radius 1 is 0.818 bits per heavy atom. The third kappa shape index (κ3) is 11.6. The molecule has 0 bridgehead atoms. The summed E-state index contributed by atoms with van der Waals surface area (Å²) in [6.07, 6.45) is 0.424. The third-order valence-electron chi connectivity index (χ3n) is 6.09. The Morgan fingerprint density at radius 2 is 1.30 bits per heavy atom. The van der Waals surface area contributed by atoms with Gasteiger partial charge in [0.1, 0.15) is 11.8 Å². The predicted molar refractivity (Wildman–Crippen MR) is 124 cm³/mol. The van der Waals surface area contributed by atoms with Gasteiger partial charge in [-0.2, -0.15) is 0 Å². The lowest BCUT2D eigenvalue weighted by atomic mass is 10.0. The first kappa shape index (κ1) is 29.0. The van der Waals surface area contributed by atoms with E-state index in [0.29, 0.717) is 52.4 Å². The number of likely N-dealkylation sites (N-methyl/N-ethyl adjacent to an activating group) is 1. The number of nitrogens with two attached hydrogens (primary N) is 1. The van der Waals surface area contributed by atoms with Gasteiger partial charge < -0.3 is 20.8 Å². The molecule has 1 amide bonds. The average molecular weight is 472 g/mol. The zero-order valence-corrected chi connectivity index (χ0v) is 20.2. The largest absolute Gasteiger partial charge is 0.480 e. The monoisotopic (exact) mass is 471 g/mol. The Morgan fingerprint density at radius 3 is 1.76 bits per heavy atom. The molecular weight excluding hydrogens is 430 g/mol. The van der Waals surface area contributed by atoms with Gasteiger partial charge in [-0.15, -0.1) is 0 Å². The van der Waals surface area contributed by atoms with Gasteiger partial charge in [0.2, 0.25) is 5.91 Å². The van der Waals surface area contributed by atoms with Crippen molar-refractivity contribution in [3.05, 3.63) is 0 Å². The van der Waals surface area contributed by atoms with Crippen LogP contribution in [0.3, 0.4) is 0 Å². The van der Waals surface area contributed by atoms with Gasteiger partial charge in [-0.25, -0.2) is 0 Å². The highest BCUT2D eigenvalue weighted by molar-refractivity contribution is 5.81. The molecule has 1 fully saturated rings. The predicted octanol–water partition coefficient (Wildman–Crippen LogP) is -0.744. The number of hydrogen-bond acceptors (Lipinski definition) is 8. The van der Waals surface area contributed by atoms with E-state index in [-0.39, 0.29) is 37.6 Å². The normalized spacial score (nSPS) is 19.5. The first-order valence-electron chi connectivity index (χ1n) is 11.7. The summed E-state index contributed by atoms with van der Waals surface area (Å²) in [5.41, 5.74) is 5.38. The summed E-state index contributed by atoms with van der Waals surface area (Å²) < 4.78 is 0. The lowest BCUT2D eigenvalue weighted by Gasteiger charge is -2.35. The highest BCUT2D eigenvalue weighted by atomic mass is 16.4. The number of ketones is 1. The van der Waals surface area contributed by atoms with Gasteiger partial charge in [-0.1, -0.05) is 20.8 Å². The standard InChI is InChI=1S/C22H41N5O6/c1-4-24-7-8-25(15-20(23)29)9-10-26(16-21(30)31)12-14-27(13-11-24)18(22(32)33)5-6-19(28)17(2)3/h17-18H,4-16H2,1-3H3,(H2,23,29)(H,30,31)(H,32,33). The Bertz CT molecular complexity index is 659. The minimum Gasteiger partial charge on any atom is -0.480 e. The van der Waals surface area contributed by atoms with Crippen molar-refractivity contribution in [2.24, 2.45) is 11.7 Å². The van der Waals surface area contributed by atoms with Gasteiger partial charge in [0, 0.05) is 64.7 Å². The number of carbonyl (C=O) groups excluding carboxylic acids is 2. The van der Waals surface area contributed by atoms with Gasteiger partial charge in [-0.3, -0.25) is 33.9 Å². The van der Waals surface area contributed by atoms with Crippen LogP contribution in [0.1, 0.15) is 33.6 Å². The van der Waals surface area contributed by atoms with Crippen molar-refractivity contribution in [1.29, 1.82) is 0 Å². The highest BCUT2D eigenvalue weighted by Gasteiger charge is 2.28.